The summed E-state index contributed by atoms with van der Waals surface area (Å²) < 4.78 is 23.8. The molecule has 1 amide bonds. The van der Waals surface area contributed by atoms with Gasteiger partial charge in [-0.1, -0.05) is 0 Å². The molecule has 2 aromatic carbocycles. The first-order valence-electron chi connectivity index (χ1n) is 8.13. The molecule has 0 atom stereocenters. The number of halogens is 1. The number of rotatable bonds is 6. The quantitative estimate of drug-likeness (QED) is 0.761. The summed E-state index contributed by atoms with van der Waals surface area (Å²) in [5.41, 5.74) is 0.687. The molecule has 126 valence electrons. The number of benzene rings is 2. The molecule has 0 aromatic heterocycles. The average molecular weight is 329 g/mol. The lowest BCUT2D eigenvalue weighted by Gasteiger charge is -2.15. The van der Waals surface area contributed by atoms with E-state index in [2.05, 4.69) is 0 Å². The van der Waals surface area contributed by atoms with Crippen LogP contribution in [0.2, 0.25) is 0 Å². The molecule has 0 unspecified atom stereocenters. The molecule has 0 radical (unpaired) electrons. The van der Waals surface area contributed by atoms with E-state index in [0.717, 1.165) is 25.9 Å². The smallest absolute Gasteiger partial charge is 0.253 e. The summed E-state index contributed by atoms with van der Waals surface area (Å²) >= 11 is 0. The Morgan fingerprint density at radius 2 is 1.38 bits per heavy atom. The fourth-order valence-corrected chi connectivity index (χ4v) is 2.65. The molecule has 24 heavy (non-hydrogen) atoms. The Kier molecular flexibility index (Phi) is 5.31. The van der Waals surface area contributed by atoms with Gasteiger partial charge in [0.1, 0.15) is 30.5 Å². The third kappa shape index (κ3) is 4.25. The summed E-state index contributed by atoms with van der Waals surface area (Å²) in [7, 11) is 0. The number of hydrogen-bond donors (Lipinski definition) is 0. The maximum Gasteiger partial charge on any atom is 0.253 e. The molecule has 1 aliphatic heterocycles. The van der Waals surface area contributed by atoms with Crippen LogP contribution in [0, 0.1) is 5.82 Å². The number of hydrogen-bond acceptors (Lipinski definition) is 3. The summed E-state index contributed by atoms with van der Waals surface area (Å²) in [4.78, 5) is 14.1. The molecule has 0 aliphatic carbocycles. The third-order valence-electron chi connectivity index (χ3n) is 3.93. The Hall–Kier alpha value is -2.56. The molecule has 1 saturated heterocycles. The lowest BCUT2D eigenvalue weighted by atomic mass is 10.2. The maximum atomic E-state index is 12.8. The van der Waals surface area contributed by atoms with Gasteiger partial charge in [-0.2, -0.15) is 0 Å². The van der Waals surface area contributed by atoms with E-state index < -0.39 is 0 Å². The molecular formula is C19H20FNO3. The maximum absolute atomic E-state index is 12.8. The Morgan fingerprint density at radius 1 is 0.875 bits per heavy atom. The van der Waals surface area contributed by atoms with E-state index in [1.165, 1.54) is 12.1 Å². The van der Waals surface area contributed by atoms with Crippen molar-refractivity contribution < 1.29 is 18.7 Å². The highest BCUT2D eigenvalue weighted by molar-refractivity contribution is 5.94. The standard InChI is InChI=1S/C19H20FNO3/c20-16-5-9-18(10-6-16)24-14-13-23-17-7-3-15(4-8-17)19(22)21-11-1-2-12-21/h3-10H,1-2,11-14H2. The largest absolute Gasteiger partial charge is 0.490 e. The first kappa shape index (κ1) is 16.3. The average Bonchev–Trinajstić information content (AvgIpc) is 3.15. The summed E-state index contributed by atoms with van der Waals surface area (Å²) in [6.45, 7) is 2.42. The number of likely N-dealkylation sites (tertiary alicyclic amines) is 1. The van der Waals surface area contributed by atoms with Crippen molar-refractivity contribution in [2.24, 2.45) is 0 Å². The van der Waals surface area contributed by atoms with E-state index in [0.29, 0.717) is 30.3 Å². The van der Waals surface area contributed by atoms with Gasteiger partial charge in [0.2, 0.25) is 0 Å². The number of ether oxygens (including phenoxy) is 2. The van der Waals surface area contributed by atoms with E-state index in [1.807, 2.05) is 4.90 Å². The molecule has 1 aliphatic rings. The molecule has 0 bridgehead atoms. The highest BCUT2D eigenvalue weighted by Gasteiger charge is 2.19. The van der Waals surface area contributed by atoms with Gasteiger partial charge in [-0.15, -0.1) is 0 Å². The van der Waals surface area contributed by atoms with Gasteiger partial charge in [-0.3, -0.25) is 4.79 Å². The minimum absolute atomic E-state index is 0.0821. The van der Waals surface area contributed by atoms with Gasteiger partial charge in [-0.05, 0) is 61.4 Å². The summed E-state index contributed by atoms with van der Waals surface area (Å²) in [6.07, 6.45) is 2.17. The van der Waals surface area contributed by atoms with Crippen LogP contribution in [0.3, 0.4) is 0 Å². The Morgan fingerprint density at radius 3 is 1.92 bits per heavy atom. The van der Waals surface area contributed by atoms with Crippen molar-refractivity contribution in [2.75, 3.05) is 26.3 Å². The number of carbonyl (C=O) groups is 1. The predicted molar refractivity (Wildman–Crippen MR) is 89.0 cm³/mol. The molecule has 0 spiro atoms. The van der Waals surface area contributed by atoms with Gasteiger partial charge >= 0.3 is 0 Å². The van der Waals surface area contributed by atoms with Crippen LogP contribution in [0.5, 0.6) is 11.5 Å². The van der Waals surface area contributed by atoms with Gasteiger partial charge in [0.05, 0.1) is 0 Å². The SMILES string of the molecule is O=C(c1ccc(OCCOc2ccc(F)cc2)cc1)N1CCCC1. The molecule has 1 heterocycles. The molecule has 5 heteroatoms. The topological polar surface area (TPSA) is 38.8 Å². The Labute approximate surface area is 140 Å². The predicted octanol–water partition coefficient (Wildman–Crippen LogP) is 3.52. The zero-order chi connectivity index (χ0) is 16.8. The first-order valence-corrected chi connectivity index (χ1v) is 8.13. The zero-order valence-corrected chi connectivity index (χ0v) is 13.4. The highest BCUT2D eigenvalue weighted by atomic mass is 19.1. The van der Waals surface area contributed by atoms with E-state index in [1.54, 1.807) is 36.4 Å². The molecular weight excluding hydrogens is 309 g/mol. The first-order chi connectivity index (χ1) is 11.7. The Bertz CT molecular complexity index is 664. The van der Waals surface area contributed by atoms with Crippen LogP contribution in [-0.2, 0) is 0 Å². The molecule has 4 nitrogen and oxygen atoms in total. The van der Waals surface area contributed by atoms with E-state index >= 15 is 0 Å². The van der Waals surface area contributed by atoms with Crippen molar-refractivity contribution in [2.45, 2.75) is 12.8 Å². The van der Waals surface area contributed by atoms with Gasteiger partial charge in [0.25, 0.3) is 5.91 Å². The van der Waals surface area contributed by atoms with Gasteiger partial charge in [0.15, 0.2) is 0 Å². The zero-order valence-electron chi connectivity index (χ0n) is 13.4. The van der Waals surface area contributed by atoms with Gasteiger partial charge < -0.3 is 14.4 Å². The van der Waals surface area contributed by atoms with Crippen LogP contribution in [0.4, 0.5) is 4.39 Å². The van der Waals surface area contributed by atoms with E-state index in [4.69, 9.17) is 9.47 Å². The minimum atomic E-state index is -0.290. The van der Waals surface area contributed by atoms with E-state index in [9.17, 15) is 9.18 Å². The summed E-state index contributed by atoms with van der Waals surface area (Å²) in [6, 6.07) is 13.0. The second-order valence-electron chi connectivity index (χ2n) is 5.67. The van der Waals surface area contributed by atoms with Crippen molar-refractivity contribution in [3.8, 4) is 11.5 Å². The van der Waals surface area contributed by atoms with Crippen LogP contribution in [0.15, 0.2) is 48.5 Å². The van der Waals surface area contributed by atoms with Crippen LogP contribution >= 0.6 is 0 Å². The Balaban J connectivity index is 1.44. The summed E-state index contributed by atoms with van der Waals surface area (Å²) in [5.74, 6) is 1.09. The van der Waals surface area contributed by atoms with Gasteiger partial charge in [0, 0.05) is 18.7 Å². The number of carbonyl (C=O) groups excluding carboxylic acids is 1. The molecule has 2 aromatic rings. The molecule has 0 saturated carbocycles. The lowest BCUT2D eigenvalue weighted by molar-refractivity contribution is 0.0792. The van der Waals surface area contributed by atoms with E-state index in [-0.39, 0.29) is 11.7 Å². The second-order valence-corrected chi connectivity index (χ2v) is 5.67. The fraction of sp³-hybridized carbons (Fsp3) is 0.316. The highest BCUT2D eigenvalue weighted by Crippen LogP contribution is 2.17. The van der Waals surface area contributed by atoms with Crippen molar-refractivity contribution in [3.63, 3.8) is 0 Å². The van der Waals surface area contributed by atoms with Crippen molar-refractivity contribution in [3.05, 3.63) is 59.9 Å². The second kappa shape index (κ2) is 7.81. The monoisotopic (exact) mass is 329 g/mol. The van der Waals surface area contributed by atoms with Crippen LogP contribution in [-0.4, -0.2) is 37.1 Å². The van der Waals surface area contributed by atoms with Gasteiger partial charge in [-0.25, -0.2) is 4.39 Å². The van der Waals surface area contributed by atoms with Crippen LogP contribution in [0.25, 0.3) is 0 Å². The van der Waals surface area contributed by atoms with Crippen molar-refractivity contribution >= 4 is 5.91 Å². The normalized spacial score (nSPS) is 13.8. The third-order valence-corrected chi connectivity index (χ3v) is 3.93. The van der Waals surface area contributed by atoms with Crippen molar-refractivity contribution in [1.82, 2.24) is 4.90 Å². The molecule has 3 rings (SSSR count). The lowest BCUT2D eigenvalue weighted by Crippen LogP contribution is -2.27. The fourth-order valence-electron chi connectivity index (χ4n) is 2.65. The van der Waals surface area contributed by atoms with Crippen LogP contribution < -0.4 is 9.47 Å². The molecule has 1 fully saturated rings. The van der Waals surface area contributed by atoms with Crippen molar-refractivity contribution in [1.29, 1.82) is 0 Å². The summed E-state index contributed by atoms with van der Waals surface area (Å²) in [5, 5.41) is 0. The number of amides is 1. The van der Waals surface area contributed by atoms with Crippen LogP contribution in [0.1, 0.15) is 23.2 Å². The number of nitrogens with zero attached hydrogens (tertiary/aromatic N) is 1. The minimum Gasteiger partial charge on any atom is -0.490 e. The molecule has 0 N–H and O–H groups in total.